The summed E-state index contributed by atoms with van der Waals surface area (Å²) in [6.07, 6.45) is 1.80. The van der Waals surface area contributed by atoms with Crippen LogP contribution in [0.4, 0.5) is 0 Å². The fourth-order valence-corrected chi connectivity index (χ4v) is 2.76. The SMILES string of the molecule is CN=C(NCc1ncc(C(C)(C)C)o1)NCC(c1ccccc1)C(C)C. The Hall–Kier alpha value is -2.30. The van der Waals surface area contributed by atoms with Crippen LogP contribution < -0.4 is 10.6 Å². The Bertz CT molecular complexity index is 698. The summed E-state index contributed by atoms with van der Waals surface area (Å²) in [5.41, 5.74) is 1.30. The van der Waals surface area contributed by atoms with Crippen LogP contribution in [0.2, 0.25) is 0 Å². The Morgan fingerprint density at radius 3 is 2.38 bits per heavy atom. The molecular formula is C21H32N4O. The number of guanidine groups is 1. The van der Waals surface area contributed by atoms with E-state index in [4.69, 9.17) is 4.42 Å². The predicted octanol–water partition coefficient (Wildman–Crippen LogP) is 4.08. The summed E-state index contributed by atoms with van der Waals surface area (Å²) in [6.45, 7) is 12.2. The van der Waals surface area contributed by atoms with Crippen LogP contribution in [0.25, 0.3) is 0 Å². The highest BCUT2D eigenvalue weighted by Crippen LogP contribution is 2.24. The molecule has 0 amide bonds. The molecular weight excluding hydrogens is 324 g/mol. The van der Waals surface area contributed by atoms with Crippen molar-refractivity contribution in [3.05, 3.63) is 53.7 Å². The van der Waals surface area contributed by atoms with E-state index in [1.807, 2.05) is 0 Å². The maximum atomic E-state index is 5.82. The van der Waals surface area contributed by atoms with Gasteiger partial charge in [0, 0.05) is 24.9 Å². The van der Waals surface area contributed by atoms with E-state index in [0.29, 0.717) is 24.3 Å². The Balaban J connectivity index is 1.92. The summed E-state index contributed by atoms with van der Waals surface area (Å²) in [5, 5.41) is 6.70. The van der Waals surface area contributed by atoms with Gasteiger partial charge in [-0.1, -0.05) is 65.0 Å². The maximum absolute atomic E-state index is 5.82. The van der Waals surface area contributed by atoms with Crippen molar-refractivity contribution in [2.45, 2.75) is 52.5 Å². The molecule has 26 heavy (non-hydrogen) atoms. The number of oxazole rings is 1. The van der Waals surface area contributed by atoms with E-state index < -0.39 is 0 Å². The van der Waals surface area contributed by atoms with Crippen LogP contribution in [0.3, 0.4) is 0 Å². The van der Waals surface area contributed by atoms with Gasteiger partial charge < -0.3 is 15.1 Å². The lowest BCUT2D eigenvalue weighted by Gasteiger charge is -2.23. The second-order valence-corrected chi connectivity index (χ2v) is 7.94. The predicted molar refractivity (Wildman–Crippen MR) is 107 cm³/mol. The summed E-state index contributed by atoms with van der Waals surface area (Å²) < 4.78 is 5.82. The molecule has 2 rings (SSSR count). The van der Waals surface area contributed by atoms with Crippen molar-refractivity contribution >= 4 is 5.96 Å². The zero-order chi connectivity index (χ0) is 19.2. The largest absolute Gasteiger partial charge is 0.443 e. The Morgan fingerprint density at radius 1 is 1.15 bits per heavy atom. The molecule has 0 fully saturated rings. The molecule has 1 aromatic heterocycles. The van der Waals surface area contributed by atoms with E-state index in [9.17, 15) is 0 Å². The molecule has 5 nitrogen and oxygen atoms in total. The minimum atomic E-state index is -0.0364. The quantitative estimate of drug-likeness (QED) is 0.605. The van der Waals surface area contributed by atoms with Crippen LogP contribution in [0.1, 0.15) is 57.8 Å². The van der Waals surface area contributed by atoms with Crippen molar-refractivity contribution < 1.29 is 4.42 Å². The third-order valence-electron chi connectivity index (χ3n) is 4.45. The number of nitrogens with zero attached hydrogens (tertiary/aromatic N) is 2. The number of hydrogen-bond donors (Lipinski definition) is 2. The molecule has 1 aromatic carbocycles. The number of aliphatic imine (C=N–C) groups is 1. The van der Waals surface area contributed by atoms with E-state index in [-0.39, 0.29) is 5.41 Å². The van der Waals surface area contributed by atoms with Crippen LogP contribution in [0, 0.1) is 5.92 Å². The van der Waals surface area contributed by atoms with E-state index >= 15 is 0 Å². The van der Waals surface area contributed by atoms with Gasteiger partial charge in [0.15, 0.2) is 5.96 Å². The van der Waals surface area contributed by atoms with Crippen molar-refractivity contribution in [2.75, 3.05) is 13.6 Å². The number of hydrogen-bond acceptors (Lipinski definition) is 3. The smallest absolute Gasteiger partial charge is 0.213 e. The lowest BCUT2D eigenvalue weighted by molar-refractivity contribution is 0.379. The standard InChI is InChI=1S/C21H32N4O/c1-15(2)17(16-10-8-7-9-11-16)12-24-20(22-6)25-14-19-23-13-18(26-19)21(3,4)5/h7-11,13,15,17H,12,14H2,1-6H3,(H2,22,24,25). The normalized spacial score (nSPS) is 13.7. The van der Waals surface area contributed by atoms with Crippen molar-refractivity contribution in [3.8, 4) is 0 Å². The Labute approximate surface area is 157 Å². The van der Waals surface area contributed by atoms with Crippen molar-refractivity contribution in [3.63, 3.8) is 0 Å². The summed E-state index contributed by atoms with van der Waals surface area (Å²) in [6, 6.07) is 10.6. The minimum Gasteiger partial charge on any atom is -0.443 e. The zero-order valence-electron chi connectivity index (χ0n) is 16.8. The molecule has 2 N–H and O–H groups in total. The van der Waals surface area contributed by atoms with Gasteiger partial charge in [0.05, 0.1) is 12.7 Å². The van der Waals surface area contributed by atoms with Crippen molar-refractivity contribution in [2.24, 2.45) is 10.9 Å². The van der Waals surface area contributed by atoms with Gasteiger partial charge in [0.2, 0.25) is 5.89 Å². The van der Waals surface area contributed by atoms with Gasteiger partial charge in [0.25, 0.3) is 0 Å². The summed E-state index contributed by atoms with van der Waals surface area (Å²) in [4.78, 5) is 8.66. The average Bonchev–Trinajstić information content (AvgIpc) is 3.08. The van der Waals surface area contributed by atoms with E-state index in [1.165, 1.54) is 5.56 Å². The zero-order valence-corrected chi connectivity index (χ0v) is 16.8. The first-order valence-corrected chi connectivity index (χ1v) is 9.26. The first-order valence-electron chi connectivity index (χ1n) is 9.26. The van der Waals surface area contributed by atoms with E-state index in [1.54, 1.807) is 13.2 Å². The highest BCUT2D eigenvalue weighted by Gasteiger charge is 2.19. The van der Waals surface area contributed by atoms with Gasteiger partial charge in [-0.25, -0.2) is 4.98 Å². The topological polar surface area (TPSA) is 62.5 Å². The van der Waals surface area contributed by atoms with E-state index in [2.05, 4.69) is 85.6 Å². The highest BCUT2D eigenvalue weighted by molar-refractivity contribution is 5.79. The van der Waals surface area contributed by atoms with Crippen LogP contribution in [-0.2, 0) is 12.0 Å². The first kappa shape index (κ1) is 20.0. The molecule has 0 bridgehead atoms. The van der Waals surface area contributed by atoms with Gasteiger partial charge in [-0.05, 0) is 11.5 Å². The van der Waals surface area contributed by atoms with Gasteiger partial charge in [-0.15, -0.1) is 0 Å². The van der Waals surface area contributed by atoms with Gasteiger partial charge in [-0.2, -0.15) is 0 Å². The summed E-state index contributed by atoms with van der Waals surface area (Å²) >= 11 is 0. The molecule has 1 atom stereocenters. The second kappa shape index (κ2) is 8.88. The van der Waals surface area contributed by atoms with Crippen LogP contribution in [-0.4, -0.2) is 24.5 Å². The van der Waals surface area contributed by atoms with Crippen molar-refractivity contribution in [1.29, 1.82) is 0 Å². The molecule has 0 saturated carbocycles. The third-order valence-corrected chi connectivity index (χ3v) is 4.45. The Kier molecular flexibility index (Phi) is 6.83. The minimum absolute atomic E-state index is 0.0364. The van der Waals surface area contributed by atoms with Gasteiger partial charge >= 0.3 is 0 Å². The lowest BCUT2D eigenvalue weighted by Crippen LogP contribution is -2.39. The van der Waals surface area contributed by atoms with Gasteiger partial charge in [-0.3, -0.25) is 4.99 Å². The third kappa shape index (κ3) is 5.61. The molecule has 0 aliphatic rings. The van der Waals surface area contributed by atoms with E-state index in [0.717, 1.165) is 18.3 Å². The molecule has 0 spiro atoms. The summed E-state index contributed by atoms with van der Waals surface area (Å²) in [7, 11) is 1.78. The monoisotopic (exact) mass is 356 g/mol. The van der Waals surface area contributed by atoms with Crippen LogP contribution >= 0.6 is 0 Å². The maximum Gasteiger partial charge on any atom is 0.213 e. The Morgan fingerprint density at radius 2 is 1.85 bits per heavy atom. The second-order valence-electron chi connectivity index (χ2n) is 7.94. The lowest BCUT2D eigenvalue weighted by atomic mass is 9.88. The molecule has 2 aromatic rings. The number of nitrogens with one attached hydrogen (secondary N) is 2. The molecule has 142 valence electrons. The molecule has 0 radical (unpaired) electrons. The van der Waals surface area contributed by atoms with Gasteiger partial charge in [0.1, 0.15) is 5.76 Å². The number of benzene rings is 1. The molecule has 0 aliphatic heterocycles. The fourth-order valence-electron chi connectivity index (χ4n) is 2.76. The molecule has 0 aliphatic carbocycles. The highest BCUT2D eigenvalue weighted by atomic mass is 16.4. The molecule has 0 saturated heterocycles. The first-order chi connectivity index (χ1) is 12.3. The van der Waals surface area contributed by atoms with Crippen LogP contribution in [0.15, 0.2) is 45.9 Å². The van der Waals surface area contributed by atoms with Crippen molar-refractivity contribution in [1.82, 2.24) is 15.6 Å². The van der Waals surface area contributed by atoms with Crippen LogP contribution in [0.5, 0.6) is 0 Å². The molecule has 5 heteroatoms. The molecule has 1 unspecified atom stereocenters. The fraction of sp³-hybridized carbons (Fsp3) is 0.524. The average molecular weight is 357 g/mol. The molecule has 1 heterocycles. The number of aromatic nitrogens is 1. The summed E-state index contributed by atoms with van der Waals surface area (Å²) in [5.74, 6) is 3.26. The number of rotatable bonds is 6.